The van der Waals surface area contributed by atoms with E-state index in [1.54, 1.807) is 0 Å². The quantitative estimate of drug-likeness (QED) is 0.639. The predicted molar refractivity (Wildman–Crippen MR) is 76.2 cm³/mol. The van der Waals surface area contributed by atoms with Gasteiger partial charge in [-0.1, -0.05) is 23.2 Å². The van der Waals surface area contributed by atoms with E-state index in [0.717, 1.165) is 6.42 Å². The van der Waals surface area contributed by atoms with Crippen LogP contribution in [0.25, 0.3) is 0 Å². The minimum atomic E-state index is -3.62. The second-order valence-electron chi connectivity index (χ2n) is 3.90. The van der Waals surface area contributed by atoms with Crippen LogP contribution in [-0.4, -0.2) is 20.3 Å². The summed E-state index contributed by atoms with van der Waals surface area (Å²) in [6.07, 6.45) is 1.41. The lowest BCUT2D eigenvalue weighted by atomic mass is 10.2. The summed E-state index contributed by atoms with van der Waals surface area (Å²) in [6.45, 7) is 2.19. The molecule has 0 saturated heterocycles. The van der Waals surface area contributed by atoms with Crippen molar-refractivity contribution < 1.29 is 8.42 Å². The molecule has 1 atom stereocenters. The van der Waals surface area contributed by atoms with Gasteiger partial charge in [0.1, 0.15) is 4.90 Å². The second-order valence-corrected chi connectivity index (χ2v) is 7.22. The number of hydrogen-bond donors (Lipinski definition) is 1. The van der Waals surface area contributed by atoms with Crippen molar-refractivity contribution in [1.29, 1.82) is 0 Å². The van der Waals surface area contributed by atoms with Crippen molar-refractivity contribution in [3.63, 3.8) is 0 Å². The number of hydrogen-bond acceptors (Lipinski definition) is 2. The van der Waals surface area contributed by atoms with Gasteiger partial charge in [0, 0.05) is 16.9 Å². The maximum Gasteiger partial charge on any atom is 0.242 e. The molecule has 0 amide bonds. The summed E-state index contributed by atoms with van der Waals surface area (Å²) < 4.78 is 26.4. The Bertz CT molecular complexity index is 503. The molecule has 1 rings (SSSR count). The Morgan fingerprint density at radius 1 is 1.33 bits per heavy atom. The van der Waals surface area contributed by atoms with Gasteiger partial charge in [0.25, 0.3) is 0 Å². The van der Waals surface area contributed by atoms with E-state index in [1.807, 2.05) is 6.92 Å². The van der Waals surface area contributed by atoms with Crippen molar-refractivity contribution in [3.05, 3.63) is 28.2 Å². The third-order valence-corrected chi connectivity index (χ3v) is 4.65. The highest BCUT2D eigenvalue weighted by atomic mass is 35.5. The van der Waals surface area contributed by atoms with E-state index in [0.29, 0.717) is 18.0 Å². The standard InChI is InChI=1S/C11H14Cl3NO2S/c1-8(12)3-2-6-15-18(16,17)11-7-9(13)4-5-10(11)14/h4-5,7-8,15H,2-3,6H2,1H3. The van der Waals surface area contributed by atoms with Crippen molar-refractivity contribution in [2.75, 3.05) is 6.54 Å². The minimum Gasteiger partial charge on any atom is -0.211 e. The smallest absolute Gasteiger partial charge is 0.211 e. The van der Waals surface area contributed by atoms with Crippen LogP contribution in [0.1, 0.15) is 19.8 Å². The summed E-state index contributed by atoms with van der Waals surface area (Å²) in [5.41, 5.74) is 0. The van der Waals surface area contributed by atoms with Gasteiger partial charge >= 0.3 is 0 Å². The molecule has 3 nitrogen and oxygen atoms in total. The molecule has 1 aromatic carbocycles. The molecule has 0 aliphatic rings. The van der Waals surface area contributed by atoms with Crippen LogP contribution >= 0.6 is 34.8 Å². The van der Waals surface area contributed by atoms with Crippen LogP contribution in [0.15, 0.2) is 23.1 Å². The summed E-state index contributed by atoms with van der Waals surface area (Å²) in [4.78, 5) is -0.00408. The maximum atomic E-state index is 12.0. The Morgan fingerprint density at radius 3 is 2.61 bits per heavy atom. The average Bonchev–Trinajstić information content (AvgIpc) is 2.27. The number of nitrogens with one attached hydrogen (secondary N) is 1. The summed E-state index contributed by atoms with van der Waals surface area (Å²) >= 11 is 17.4. The van der Waals surface area contributed by atoms with Gasteiger partial charge in [-0.05, 0) is 38.0 Å². The normalized spacial score (nSPS) is 13.6. The molecule has 1 aromatic rings. The van der Waals surface area contributed by atoms with Gasteiger partial charge in [-0.15, -0.1) is 11.6 Å². The monoisotopic (exact) mass is 329 g/mol. The molecule has 18 heavy (non-hydrogen) atoms. The van der Waals surface area contributed by atoms with Gasteiger partial charge in [-0.25, -0.2) is 13.1 Å². The van der Waals surface area contributed by atoms with Crippen LogP contribution in [0.3, 0.4) is 0 Å². The fraction of sp³-hybridized carbons (Fsp3) is 0.455. The summed E-state index contributed by atoms with van der Waals surface area (Å²) in [5, 5.41) is 0.510. The zero-order valence-electron chi connectivity index (χ0n) is 9.79. The molecule has 0 saturated carbocycles. The maximum absolute atomic E-state index is 12.0. The van der Waals surface area contributed by atoms with Crippen molar-refractivity contribution in [2.24, 2.45) is 0 Å². The number of benzene rings is 1. The number of alkyl halides is 1. The van der Waals surface area contributed by atoms with Crippen LogP contribution in [-0.2, 0) is 10.0 Å². The molecule has 0 fully saturated rings. The molecule has 1 unspecified atom stereocenters. The first kappa shape index (κ1) is 16.1. The highest BCUT2D eigenvalue weighted by Gasteiger charge is 2.17. The van der Waals surface area contributed by atoms with Crippen LogP contribution < -0.4 is 4.72 Å². The molecule has 0 aromatic heterocycles. The van der Waals surface area contributed by atoms with Gasteiger partial charge in [0.15, 0.2) is 0 Å². The van der Waals surface area contributed by atoms with Gasteiger partial charge in [0.2, 0.25) is 10.0 Å². The zero-order valence-corrected chi connectivity index (χ0v) is 12.9. The van der Waals surface area contributed by atoms with Crippen LogP contribution in [0, 0.1) is 0 Å². The Kier molecular flexibility index (Phi) is 6.21. The fourth-order valence-electron chi connectivity index (χ4n) is 1.35. The van der Waals surface area contributed by atoms with Crippen molar-refractivity contribution >= 4 is 44.8 Å². The molecule has 0 radical (unpaired) electrons. The second kappa shape index (κ2) is 6.96. The zero-order chi connectivity index (χ0) is 13.8. The summed E-state index contributed by atoms with van der Waals surface area (Å²) in [7, 11) is -3.62. The van der Waals surface area contributed by atoms with E-state index in [2.05, 4.69) is 4.72 Å². The molecular formula is C11H14Cl3NO2S. The molecule has 1 N–H and O–H groups in total. The Hall–Kier alpha value is -0.000000000000000111. The lowest BCUT2D eigenvalue weighted by Gasteiger charge is -2.09. The van der Waals surface area contributed by atoms with Crippen molar-refractivity contribution in [3.8, 4) is 0 Å². The third-order valence-electron chi connectivity index (χ3n) is 2.25. The molecule has 7 heteroatoms. The first-order valence-electron chi connectivity index (χ1n) is 5.41. The summed E-state index contributed by atoms with van der Waals surface area (Å²) in [6, 6.07) is 4.33. The lowest BCUT2D eigenvalue weighted by Crippen LogP contribution is -2.25. The Balaban J connectivity index is 2.71. The topological polar surface area (TPSA) is 46.2 Å². The van der Waals surface area contributed by atoms with Gasteiger partial charge in [0.05, 0.1) is 5.02 Å². The Labute approximate surface area is 122 Å². The number of sulfonamides is 1. The number of halogens is 3. The molecule has 102 valence electrons. The SMILES string of the molecule is CC(Cl)CCCNS(=O)(=O)c1cc(Cl)ccc1Cl. The molecule has 0 aliphatic heterocycles. The van der Waals surface area contributed by atoms with E-state index in [-0.39, 0.29) is 15.3 Å². The predicted octanol–water partition coefficient (Wildman–Crippen LogP) is 3.68. The van der Waals surface area contributed by atoms with Gasteiger partial charge < -0.3 is 0 Å². The van der Waals surface area contributed by atoms with Crippen LogP contribution in [0.5, 0.6) is 0 Å². The minimum absolute atomic E-state index is 0.00408. The van der Waals surface area contributed by atoms with E-state index >= 15 is 0 Å². The molecule has 0 spiro atoms. The van der Waals surface area contributed by atoms with Crippen LogP contribution in [0.2, 0.25) is 10.0 Å². The van der Waals surface area contributed by atoms with Crippen molar-refractivity contribution in [1.82, 2.24) is 4.72 Å². The first-order chi connectivity index (χ1) is 8.33. The van der Waals surface area contributed by atoms with E-state index < -0.39 is 10.0 Å². The van der Waals surface area contributed by atoms with E-state index in [1.165, 1.54) is 18.2 Å². The van der Waals surface area contributed by atoms with E-state index in [9.17, 15) is 8.42 Å². The fourth-order valence-corrected chi connectivity index (χ4v) is 3.34. The van der Waals surface area contributed by atoms with Crippen LogP contribution in [0.4, 0.5) is 0 Å². The molecule has 0 aliphatic carbocycles. The lowest BCUT2D eigenvalue weighted by molar-refractivity contribution is 0.576. The van der Waals surface area contributed by atoms with Crippen molar-refractivity contribution in [2.45, 2.75) is 30.0 Å². The van der Waals surface area contributed by atoms with E-state index in [4.69, 9.17) is 34.8 Å². The highest BCUT2D eigenvalue weighted by molar-refractivity contribution is 7.89. The largest absolute Gasteiger partial charge is 0.242 e. The highest BCUT2D eigenvalue weighted by Crippen LogP contribution is 2.24. The Morgan fingerprint density at radius 2 is 2.00 bits per heavy atom. The van der Waals surface area contributed by atoms with Gasteiger partial charge in [-0.3, -0.25) is 0 Å². The average molecular weight is 331 g/mol. The molecular weight excluding hydrogens is 317 g/mol. The van der Waals surface area contributed by atoms with Gasteiger partial charge in [-0.2, -0.15) is 0 Å². The summed E-state index contributed by atoms with van der Waals surface area (Å²) in [5.74, 6) is 0. The third kappa shape index (κ3) is 4.94. The molecule has 0 bridgehead atoms. The molecule has 0 heterocycles. The number of rotatable bonds is 6. The first-order valence-corrected chi connectivity index (χ1v) is 8.09.